The summed E-state index contributed by atoms with van der Waals surface area (Å²) in [5, 5.41) is 21.3. The van der Waals surface area contributed by atoms with Crippen LogP contribution in [0.2, 0.25) is 0 Å². The maximum atomic E-state index is 12.5. The highest BCUT2D eigenvalue weighted by Crippen LogP contribution is 2.71. The lowest BCUT2D eigenvalue weighted by molar-refractivity contribution is -0.146. The van der Waals surface area contributed by atoms with Gasteiger partial charge in [0.1, 0.15) is 5.78 Å². The Morgan fingerprint density at radius 1 is 0.625 bits per heavy atom. The molecule has 0 aromatic heterocycles. The summed E-state index contributed by atoms with van der Waals surface area (Å²) < 4.78 is 12.7. The summed E-state index contributed by atoms with van der Waals surface area (Å²) in [6.07, 6.45) is 21.4. The van der Waals surface area contributed by atoms with Crippen LogP contribution >= 0.6 is 0 Å². The van der Waals surface area contributed by atoms with Crippen molar-refractivity contribution < 1.29 is 24.5 Å². The van der Waals surface area contributed by atoms with Crippen LogP contribution in [0.3, 0.4) is 0 Å². The number of Topliss-reactive ketones (excluding diaryl/α,β-unsaturated/α-hetero) is 1. The van der Waals surface area contributed by atoms with Gasteiger partial charge in [0.25, 0.3) is 0 Å². The van der Waals surface area contributed by atoms with Crippen LogP contribution in [0.25, 0.3) is 0 Å². The number of carbonyl (C=O) groups excluding carboxylic acids is 1. The quantitative estimate of drug-likeness (QED) is 0.254. The first kappa shape index (κ1) is 34.3. The molecule has 4 unspecified atom stereocenters. The molecule has 16 atom stereocenters. The van der Waals surface area contributed by atoms with Crippen LogP contribution in [0.1, 0.15) is 145 Å². The fraction of sp³-hybridized carbons (Fsp3) is 0.930. The average molecular weight is 665 g/mol. The van der Waals surface area contributed by atoms with Gasteiger partial charge in [-0.1, -0.05) is 32.9 Å². The summed E-state index contributed by atoms with van der Waals surface area (Å²) in [5.74, 6) is 6.31. The third-order valence-electron chi connectivity index (χ3n) is 18.3. The maximum Gasteiger partial charge on any atom is 0.139 e. The highest BCUT2D eigenvalue weighted by molar-refractivity contribution is 5.87. The van der Waals surface area contributed by atoms with E-state index in [1.807, 2.05) is 6.92 Å². The Kier molecular flexibility index (Phi) is 7.96. The zero-order valence-electron chi connectivity index (χ0n) is 30.2. The van der Waals surface area contributed by atoms with Gasteiger partial charge >= 0.3 is 0 Å². The van der Waals surface area contributed by atoms with E-state index < -0.39 is 11.2 Å². The van der Waals surface area contributed by atoms with E-state index in [4.69, 9.17) is 9.47 Å². The summed E-state index contributed by atoms with van der Waals surface area (Å²) in [5.41, 5.74) is 1.92. The number of ether oxygens (including phenoxy) is 2. The predicted octanol–water partition coefficient (Wildman–Crippen LogP) is 8.69. The molecule has 8 saturated carbocycles. The minimum atomic E-state index is -0.501. The van der Waals surface area contributed by atoms with Crippen LogP contribution in [0.4, 0.5) is 0 Å². The van der Waals surface area contributed by atoms with Crippen LogP contribution in [-0.2, 0) is 14.3 Å². The van der Waals surface area contributed by atoms with Gasteiger partial charge in [-0.2, -0.15) is 0 Å². The van der Waals surface area contributed by atoms with Gasteiger partial charge in [-0.3, -0.25) is 4.79 Å². The largest absolute Gasteiger partial charge is 0.390 e. The molecule has 0 aromatic carbocycles. The standard InChI is InChI=1S/C22H34O2.C20H30O3.CH4/c1-4-14-5-6-16-15-11-19-18-12-20(2,23)9-10-22(18,13-24-19)17(15)7-8-21(14,16)3;1-18(22)7-8-20-11-23-16(15(20)10-18)9-12-13-3-4-17(21)19(13,2)6-5-14(12)20;/h4,15-19,23H,5-13H2,1-3H3;12-16,22H,3-11H2,1-2H3;1H4/t15-,16-,17?,18?,19+,20+,21+,22-;12-,13-,14?,15?,16+,18+,19-,20-;/m00./s1. The Bertz CT molecular complexity index is 1330. The highest BCUT2D eigenvalue weighted by Gasteiger charge is 2.68. The van der Waals surface area contributed by atoms with Crippen molar-refractivity contribution in [2.75, 3.05) is 13.2 Å². The van der Waals surface area contributed by atoms with E-state index in [1.54, 1.807) is 5.57 Å². The number of rotatable bonds is 0. The minimum Gasteiger partial charge on any atom is -0.390 e. The van der Waals surface area contributed by atoms with Crippen molar-refractivity contribution in [3.05, 3.63) is 11.6 Å². The number of hydrogen-bond donors (Lipinski definition) is 2. The summed E-state index contributed by atoms with van der Waals surface area (Å²) in [4.78, 5) is 12.5. The smallest absolute Gasteiger partial charge is 0.139 e. The number of hydrogen-bond acceptors (Lipinski definition) is 5. The predicted molar refractivity (Wildman–Crippen MR) is 189 cm³/mol. The first-order valence-electron chi connectivity index (χ1n) is 20.1. The lowest BCUT2D eigenvalue weighted by Gasteiger charge is -2.60. The van der Waals surface area contributed by atoms with Gasteiger partial charge in [0.05, 0.1) is 36.6 Å². The zero-order valence-corrected chi connectivity index (χ0v) is 30.2. The van der Waals surface area contributed by atoms with E-state index in [9.17, 15) is 15.0 Å². The van der Waals surface area contributed by atoms with Crippen molar-refractivity contribution in [3.8, 4) is 0 Å². The monoisotopic (exact) mass is 665 g/mol. The van der Waals surface area contributed by atoms with Crippen molar-refractivity contribution in [1.82, 2.24) is 0 Å². The summed E-state index contributed by atoms with van der Waals surface area (Å²) in [6, 6.07) is 0. The van der Waals surface area contributed by atoms with Gasteiger partial charge in [0, 0.05) is 22.7 Å². The Morgan fingerprint density at radius 2 is 1.10 bits per heavy atom. The van der Waals surface area contributed by atoms with Crippen LogP contribution in [0.15, 0.2) is 11.6 Å². The topological polar surface area (TPSA) is 76.0 Å². The molecule has 0 amide bonds. The minimum absolute atomic E-state index is 0. The first-order chi connectivity index (χ1) is 22.3. The van der Waals surface area contributed by atoms with Gasteiger partial charge < -0.3 is 19.7 Å². The maximum absolute atomic E-state index is 12.5. The van der Waals surface area contributed by atoms with E-state index in [0.717, 1.165) is 94.7 Å². The van der Waals surface area contributed by atoms with Gasteiger partial charge in [-0.25, -0.2) is 0 Å². The van der Waals surface area contributed by atoms with Gasteiger partial charge in [0.15, 0.2) is 0 Å². The van der Waals surface area contributed by atoms with Crippen LogP contribution < -0.4 is 0 Å². The van der Waals surface area contributed by atoms with E-state index in [2.05, 4.69) is 33.8 Å². The molecule has 2 aliphatic heterocycles. The molecule has 270 valence electrons. The van der Waals surface area contributed by atoms with E-state index in [-0.39, 0.29) is 12.8 Å². The van der Waals surface area contributed by atoms with E-state index in [1.165, 1.54) is 44.9 Å². The molecule has 10 aliphatic rings. The molecule has 5 heteroatoms. The van der Waals surface area contributed by atoms with Crippen LogP contribution in [0, 0.1) is 69.0 Å². The van der Waals surface area contributed by atoms with Gasteiger partial charge in [0.2, 0.25) is 0 Å². The fourth-order valence-electron chi connectivity index (χ4n) is 15.9. The number of ketones is 1. The van der Waals surface area contributed by atoms with Crippen molar-refractivity contribution in [3.63, 3.8) is 0 Å². The van der Waals surface area contributed by atoms with Crippen molar-refractivity contribution in [1.29, 1.82) is 0 Å². The number of carbonyl (C=O) groups is 1. The molecule has 4 bridgehead atoms. The molecule has 2 N–H and O–H groups in total. The molecule has 2 heterocycles. The molecule has 10 fully saturated rings. The third-order valence-corrected chi connectivity index (χ3v) is 18.3. The van der Waals surface area contributed by atoms with Crippen LogP contribution in [-0.4, -0.2) is 52.6 Å². The second kappa shape index (κ2) is 11.1. The van der Waals surface area contributed by atoms with Crippen molar-refractivity contribution in [2.24, 2.45) is 69.0 Å². The van der Waals surface area contributed by atoms with Crippen molar-refractivity contribution in [2.45, 2.75) is 168 Å². The fourth-order valence-corrected chi connectivity index (χ4v) is 15.9. The van der Waals surface area contributed by atoms with Gasteiger partial charge in [-0.05, 0) is 170 Å². The SMILES string of the molecule is C.CC=C1CC[C@H]2[C@@H]3C[C@H]4OC[C@@]5(CC[C@@](C)(O)CC45)C3CC[C@]12C.C[C@@]1(O)CC[C@]23CO[C@H](C[C@@H]4C2CC[C@]2(C)C(=O)CC[C@@H]42)C3C1. The molecule has 8 aliphatic carbocycles. The zero-order chi connectivity index (χ0) is 32.8. The second-order valence-corrected chi connectivity index (χ2v) is 20.2. The average Bonchev–Trinajstić information content (AvgIpc) is 3.69. The normalized spacial score (nSPS) is 59.6. The molecule has 0 radical (unpaired) electrons. The number of aliphatic hydroxyl groups is 2. The van der Waals surface area contributed by atoms with Crippen LogP contribution in [0.5, 0.6) is 0 Å². The molecule has 0 spiro atoms. The molecule has 0 aromatic rings. The Morgan fingerprint density at radius 3 is 1.62 bits per heavy atom. The lowest BCUT2D eigenvalue weighted by Crippen LogP contribution is -2.57. The Labute approximate surface area is 291 Å². The lowest BCUT2D eigenvalue weighted by atomic mass is 9.44. The highest BCUT2D eigenvalue weighted by atomic mass is 16.5. The Hall–Kier alpha value is -0.750. The third kappa shape index (κ3) is 4.57. The summed E-state index contributed by atoms with van der Waals surface area (Å²) in [7, 11) is 0. The first-order valence-corrected chi connectivity index (χ1v) is 20.1. The molecular formula is C43H68O5. The molecule has 5 nitrogen and oxygen atoms in total. The summed E-state index contributed by atoms with van der Waals surface area (Å²) in [6.45, 7) is 13.0. The van der Waals surface area contributed by atoms with Crippen molar-refractivity contribution >= 4 is 5.78 Å². The van der Waals surface area contributed by atoms with E-state index in [0.29, 0.717) is 57.9 Å². The summed E-state index contributed by atoms with van der Waals surface area (Å²) >= 11 is 0. The second-order valence-electron chi connectivity index (χ2n) is 20.2. The number of allylic oxidation sites excluding steroid dienone is 2. The van der Waals surface area contributed by atoms with E-state index >= 15 is 0 Å². The van der Waals surface area contributed by atoms with Gasteiger partial charge in [-0.15, -0.1) is 0 Å². The molecular weight excluding hydrogens is 596 g/mol. The Balaban J connectivity index is 0.000000137. The molecule has 48 heavy (non-hydrogen) atoms. The molecule has 10 rings (SSSR count). The molecule has 2 saturated heterocycles. The number of fused-ring (bicyclic) bond motifs is 6.